The third-order valence-electron chi connectivity index (χ3n) is 5.19. The Bertz CT molecular complexity index is 805. The number of esters is 1. The first-order chi connectivity index (χ1) is 15.2. The fraction of sp³-hybridized carbons (Fsp3) is 0.565. The zero-order chi connectivity index (χ0) is 23.7. The lowest BCUT2D eigenvalue weighted by Crippen LogP contribution is -2.57. The molecule has 1 atom stereocenters. The van der Waals surface area contributed by atoms with Crippen molar-refractivity contribution in [3.05, 3.63) is 29.8 Å². The maximum absolute atomic E-state index is 12.6. The number of nitrogens with one attached hydrogen (secondary N) is 2. The summed E-state index contributed by atoms with van der Waals surface area (Å²) in [5, 5.41) is 5.52. The number of rotatable bonds is 10. The highest BCUT2D eigenvalue weighted by Crippen LogP contribution is 2.14. The van der Waals surface area contributed by atoms with Gasteiger partial charge in [0, 0.05) is 37.4 Å². The van der Waals surface area contributed by atoms with Crippen molar-refractivity contribution in [2.24, 2.45) is 5.92 Å². The molecule has 1 fully saturated rings. The summed E-state index contributed by atoms with van der Waals surface area (Å²) in [4.78, 5) is 52.8. The van der Waals surface area contributed by atoms with Crippen LogP contribution in [0.15, 0.2) is 24.3 Å². The second-order valence-corrected chi connectivity index (χ2v) is 8.16. The first-order valence-corrected chi connectivity index (χ1v) is 11.1. The smallest absolute Gasteiger partial charge is 0.307 e. The summed E-state index contributed by atoms with van der Waals surface area (Å²) in [6, 6.07) is 5.97. The number of carbonyl (C=O) groups excluding carboxylic acids is 4. The van der Waals surface area contributed by atoms with Crippen molar-refractivity contribution in [1.82, 2.24) is 15.1 Å². The van der Waals surface area contributed by atoms with Gasteiger partial charge in [-0.3, -0.25) is 24.1 Å². The summed E-state index contributed by atoms with van der Waals surface area (Å²) in [7, 11) is 0. The standard InChI is InChI=1S/C23H34N4O5/c1-5-26(6-2)23(31)17-7-9-18(10-8-17)25-20(28)14-27-12-11-24-22(30)19(27)13-21(29)32-15-16(3)4/h7-10,16,19H,5-6,11-15H2,1-4H3,(H,24,30)(H,25,28). The van der Waals surface area contributed by atoms with E-state index in [0.29, 0.717) is 44.0 Å². The zero-order valence-electron chi connectivity index (χ0n) is 19.3. The molecule has 1 aliphatic heterocycles. The van der Waals surface area contributed by atoms with Gasteiger partial charge in [-0.05, 0) is 44.0 Å². The van der Waals surface area contributed by atoms with Crippen molar-refractivity contribution in [1.29, 1.82) is 0 Å². The largest absolute Gasteiger partial charge is 0.465 e. The summed E-state index contributed by atoms with van der Waals surface area (Å²) >= 11 is 0. The average Bonchev–Trinajstić information content (AvgIpc) is 2.76. The average molecular weight is 447 g/mol. The van der Waals surface area contributed by atoms with Crippen LogP contribution in [0.4, 0.5) is 5.69 Å². The molecule has 0 aromatic heterocycles. The maximum Gasteiger partial charge on any atom is 0.307 e. The van der Waals surface area contributed by atoms with Crippen molar-refractivity contribution < 1.29 is 23.9 Å². The van der Waals surface area contributed by atoms with Gasteiger partial charge >= 0.3 is 5.97 Å². The molecule has 1 unspecified atom stereocenters. The number of anilines is 1. The van der Waals surface area contributed by atoms with Crippen LogP contribution in [0.3, 0.4) is 0 Å². The third-order valence-corrected chi connectivity index (χ3v) is 5.19. The molecular formula is C23H34N4O5. The summed E-state index contributed by atoms with van der Waals surface area (Å²) in [5.41, 5.74) is 1.11. The van der Waals surface area contributed by atoms with Crippen LogP contribution in [0, 0.1) is 5.92 Å². The number of hydrogen-bond acceptors (Lipinski definition) is 6. The van der Waals surface area contributed by atoms with E-state index in [1.165, 1.54) is 0 Å². The van der Waals surface area contributed by atoms with Crippen molar-refractivity contribution >= 4 is 29.4 Å². The molecule has 0 spiro atoms. The van der Waals surface area contributed by atoms with Crippen molar-refractivity contribution in [3.8, 4) is 0 Å². The maximum atomic E-state index is 12.6. The normalized spacial score (nSPS) is 16.4. The van der Waals surface area contributed by atoms with E-state index in [2.05, 4.69) is 10.6 Å². The lowest BCUT2D eigenvalue weighted by Gasteiger charge is -2.33. The topological polar surface area (TPSA) is 108 Å². The predicted molar refractivity (Wildman–Crippen MR) is 121 cm³/mol. The molecule has 176 valence electrons. The number of benzene rings is 1. The minimum atomic E-state index is -0.747. The van der Waals surface area contributed by atoms with Gasteiger partial charge in [0.2, 0.25) is 11.8 Å². The van der Waals surface area contributed by atoms with E-state index >= 15 is 0 Å². The van der Waals surface area contributed by atoms with Gasteiger partial charge in [0.1, 0.15) is 6.04 Å². The second-order valence-electron chi connectivity index (χ2n) is 8.16. The second kappa shape index (κ2) is 12.2. The highest BCUT2D eigenvalue weighted by Gasteiger charge is 2.33. The van der Waals surface area contributed by atoms with Crippen LogP contribution in [0.2, 0.25) is 0 Å². The van der Waals surface area contributed by atoms with E-state index in [1.54, 1.807) is 34.1 Å². The minimum Gasteiger partial charge on any atom is -0.465 e. The predicted octanol–water partition coefficient (Wildman–Crippen LogP) is 1.50. The quantitative estimate of drug-likeness (QED) is 0.528. The molecule has 1 heterocycles. The molecule has 0 aliphatic carbocycles. The molecule has 32 heavy (non-hydrogen) atoms. The van der Waals surface area contributed by atoms with Crippen molar-refractivity contribution in [3.63, 3.8) is 0 Å². The van der Waals surface area contributed by atoms with Crippen molar-refractivity contribution in [2.45, 2.75) is 40.2 Å². The SMILES string of the molecule is CCN(CC)C(=O)c1ccc(NC(=O)CN2CCNC(=O)C2CC(=O)OCC(C)C)cc1. The lowest BCUT2D eigenvalue weighted by atomic mass is 10.1. The Morgan fingerprint density at radius 2 is 1.84 bits per heavy atom. The van der Waals surface area contributed by atoms with Gasteiger partial charge < -0.3 is 20.3 Å². The molecule has 9 heteroatoms. The molecule has 0 saturated carbocycles. The Hall–Kier alpha value is -2.94. The Labute approximate surface area is 189 Å². The number of carbonyl (C=O) groups is 4. The number of hydrogen-bond donors (Lipinski definition) is 2. The van der Waals surface area contributed by atoms with E-state index in [-0.39, 0.29) is 36.6 Å². The molecule has 2 rings (SSSR count). The van der Waals surface area contributed by atoms with Gasteiger partial charge in [-0.2, -0.15) is 0 Å². The first kappa shape index (κ1) is 25.3. The molecule has 3 amide bonds. The summed E-state index contributed by atoms with van der Waals surface area (Å²) in [6.45, 7) is 10.1. The van der Waals surface area contributed by atoms with Crippen LogP contribution < -0.4 is 10.6 Å². The van der Waals surface area contributed by atoms with Gasteiger partial charge in [-0.15, -0.1) is 0 Å². The van der Waals surface area contributed by atoms with E-state index in [1.807, 2.05) is 27.7 Å². The summed E-state index contributed by atoms with van der Waals surface area (Å²) in [5.74, 6) is -0.901. The van der Waals surface area contributed by atoms with Gasteiger partial charge in [0.05, 0.1) is 19.6 Å². The Kier molecular flexibility index (Phi) is 9.64. The molecule has 0 bridgehead atoms. The zero-order valence-corrected chi connectivity index (χ0v) is 19.3. The number of amides is 3. The van der Waals surface area contributed by atoms with E-state index < -0.39 is 12.0 Å². The lowest BCUT2D eigenvalue weighted by molar-refractivity contribution is -0.149. The highest BCUT2D eigenvalue weighted by atomic mass is 16.5. The van der Waals surface area contributed by atoms with Gasteiger partial charge in [-0.1, -0.05) is 13.8 Å². The number of piperazine rings is 1. The molecule has 1 aliphatic rings. The Morgan fingerprint density at radius 3 is 2.44 bits per heavy atom. The highest BCUT2D eigenvalue weighted by molar-refractivity contribution is 5.96. The van der Waals surface area contributed by atoms with Crippen LogP contribution in [-0.2, 0) is 19.1 Å². The Balaban J connectivity index is 1.95. The van der Waals surface area contributed by atoms with Crippen LogP contribution in [0.1, 0.15) is 44.5 Å². The van der Waals surface area contributed by atoms with Crippen LogP contribution in [0.5, 0.6) is 0 Å². The van der Waals surface area contributed by atoms with E-state index in [4.69, 9.17) is 4.74 Å². The molecule has 9 nitrogen and oxygen atoms in total. The van der Waals surface area contributed by atoms with Gasteiger partial charge in [0.15, 0.2) is 0 Å². The van der Waals surface area contributed by atoms with Gasteiger partial charge in [0.25, 0.3) is 5.91 Å². The molecule has 1 saturated heterocycles. The molecule has 1 aromatic carbocycles. The number of ether oxygens (including phenoxy) is 1. The van der Waals surface area contributed by atoms with Crippen LogP contribution in [-0.4, -0.2) is 78.9 Å². The van der Waals surface area contributed by atoms with Crippen molar-refractivity contribution in [2.75, 3.05) is 44.6 Å². The van der Waals surface area contributed by atoms with Crippen LogP contribution in [0.25, 0.3) is 0 Å². The fourth-order valence-corrected chi connectivity index (χ4v) is 3.42. The summed E-state index contributed by atoms with van der Waals surface area (Å²) < 4.78 is 5.19. The minimum absolute atomic E-state index is 0.0321. The third kappa shape index (κ3) is 7.33. The van der Waals surface area contributed by atoms with Crippen LogP contribution >= 0.6 is 0 Å². The molecular weight excluding hydrogens is 412 g/mol. The summed E-state index contributed by atoms with van der Waals surface area (Å²) in [6.07, 6.45) is -0.103. The van der Waals surface area contributed by atoms with E-state index in [0.717, 1.165) is 0 Å². The first-order valence-electron chi connectivity index (χ1n) is 11.1. The molecule has 0 radical (unpaired) electrons. The molecule has 1 aromatic rings. The Morgan fingerprint density at radius 1 is 1.19 bits per heavy atom. The molecule has 2 N–H and O–H groups in total. The van der Waals surface area contributed by atoms with Gasteiger partial charge in [-0.25, -0.2) is 0 Å². The number of nitrogens with zero attached hydrogens (tertiary/aromatic N) is 2. The fourth-order valence-electron chi connectivity index (χ4n) is 3.42. The van der Waals surface area contributed by atoms with E-state index in [9.17, 15) is 19.2 Å². The monoisotopic (exact) mass is 446 g/mol.